The van der Waals surface area contributed by atoms with E-state index in [1.807, 2.05) is 12.3 Å². The Morgan fingerprint density at radius 3 is 3.07 bits per heavy atom. The van der Waals surface area contributed by atoms with Gasteiger partial charge >= 0.3 is 0 Å². The van der Waals surface area contributed by atoms with Crippen LogP contribution >= 0.6 is 38.9 Å². The van der Waals surface area contributed by atoms with Gasteiger partial charge < -0.3 is 4.98 Å². The molecule has 2 aromatic heterocycles. The first-order valence-electron chi connectivity index (χ1n) is 4.12. The molecular weight excluding hydrogens is 284 g/mol. The zero-order valence-electron chi connectivity index (χ0n) is 7.21. The first-order valence-corrected chi connectivity index (χ1v) is 6.23. The Bertz CT molecular complexity index is 399. The van der Waals surface area contributed by atoms with Crippen LogP contribution in [0.5, 0.6) is 0 Å². The van der Waals surface area contributed by atoms with E-state index < -0.39 is 0 Å². The van der Waals surface area contributed by atoms with Crippen molar-refractivity contribution in [2.45, 2.75) is 11.8 Å². The summed E-state index contributed by atoms with van der Waals surface area (Å²) in [5, 5.41) is 2.05. The average Bonchev–Trinajstić information content (AvgIpc) is 2.75. The standard InChI is InChI=1S/C9H8BrClN2S/c10-8-3-6(5-14-8)7(11)4-9-12-1-2-13-9/h1-3,5,7H,4H2,(H,12,13). The molecule has 5 heteroatoms. The Labute approximate surface area is 99.5 Å². The van der Waals surface area contributed by atoms with Gasteiger partial charge in [-0.15, -0.1) is 22.9 Å². The van der Waals surface area contributed by atoms with Gasteiger partial charge in [0.15, 0.2) is 0 Å². The number of imidazole rings is 1. The van der Waals surface area contributed by atoms with Crippen LogP contribution in [0.4, 0.5) is 0 Å². The van der Waals surface area contributed by atoms with Crippen LogP contribution in [0.2, 0.25) is 0 Å². The smallest absolute Gasteiger partial charge is 0.107 e. The van der Waals surface area contributed by atoms with Gasteiger partial charge in [0.1, 0.15) is 5.82 Å². The molecule has 0 saturated heterocycles. The van der Waals surface area contributed by atoms with Crippen LogP contribution in [0.15, 0.2) is 27.6 Å². The number of rotatable bonds is 3. The van der Waals surface area contributed by atoms with E-state index >= 15 is 0 Å². The van der Waals surface area contributed by atoms with Crippen LogP contribution in [0.3, 0.4) is 0 Å². The number of nitrogens with one attached hydrogen (secondary N) is 1. The second kappa shape index (κ2) is 4.47. The molecule has 1 atom stereocenters. The molecule has 0 amide bonds. The Hall–Kier alpha value is -0.320. The molecule has 0 fully saturated rings. The molecule has 1 N–H and O–H groups in total. The van der Waals surface area contributed by atoms with Crippen molar-refractivity contribution in [3.8, 4) is 0 Å². The number of hydrogen-bond acceptors (Lipinski definition) is 2. The lowest BCUT2D eigenvalue weighted by atomic mass is 10.2. The van der Waals surface area contributed by atoms with E-state index in [9.17, 15) is 0 Å². The normalized spacial score (nSPS) is 13.0. The number of nitrogens with zero attached hydrogens (tertiary/aromatic N) is 1. The number of hydrogen-bond donors (Lipinski definition) is 1. The van der Waals surface area contributed by atoms with Gasteiger partial charge in [-0.2, -0.15) is 0 Å². The van der Waals surface area contributed by atoms with Crippen molar-refractivity contribution in [3.63, 3.8) is 0 Å². The third kappa shape index (κ3) is 2.38. The Morgan fingerprint density at radius 1 is 1.64 bits per heavy atom. The van der Waals surface area contributed by atoms with E-state index in [-0.39, 0.29) is 5.38 Å². The lowest BCUT2D eigenvalue weighted by molar-refractivity contribution is 0.858. The van der Waals surface area contributed by atoms with Crippen LogP contribution < -0.4 is 0 Å². The van der Waals surface area contributed by atoms with Crippen LogP contribution in [0.1, 0.15) is 16.8 Å². The molecule has 0 radical (unpaired) electrons. The number of aromatic nitrogens is 2. The summed E-state index contributed by atoms with van der Waals surface area (Å²) in [6.45, 7) is 0. The second-order valence-electron chi connectivity index (χ2n) is 2.89. The lowest BCUT2D eigenvalue weighted by Crippen LogP contribution is -1.95. The van der Waals surface area contributed by atoms with Gasteiger partial charge in [0.25, 0.3) is 0 Å². The van der Waals surface area contributed by atoms with Gasteiger partial charge in [0.2, 0.25) is 0 Å². The van der Waals surface area contributed by atoms with Crippen molar-refractivity contribution in [1.82, 2.24) is 9.97 Å². The zero-order chi connectivity index (χ0) is 9.97. The van der Waals surface area contributed by atoms with Crippen molar-refractivity contribution < 1.29 is 0 Å². The fourth-order valence-electron chi connectivity index (χ4n) is 1.18. The molecule has 0 saturated carbocycles. The molecule has 2 nitrogen and oxygen atoms in total. The monoisotopic (exact) mass is 290 g/mol. The van der Waals surface area contributed by atoms with Crippen LogP contribution in [0, 0.1) is 0 Å². The second-order valence-corrected chi connectivity index (χ2v) is 5.71. The average molecular weight is 292 g/mol. The molecule has 0 aromatic carbocycles. The van der Waals surface area contributed by atoms with E-state index in [0.29, 0.717) is 0 Å². The maximum absolute atomic E-state index is 6.24. The Morgan fingerprint density at radius 2 is 2.50 bits per heavy atom. The van der Waals surface area contributed by atoms with Gasteiger partial charge in [-0.25, -0.2) is 4.98 Å². The third-order valence-corrected chi connectivity index (χ3v) is 3.81. The van der Waals surface area contributed by atoms with Crippen molar-refractivity contribution in [1.29, 1.82) is 0 Å². The maximum Gasteiger partial charge on any atom is 0.107 e. The quantitative estimate of drug-likeness (QED) is 0.857. The largest absolute Gasteiger partial charge is 0.349 e. The van der Waals surface area contributed by atoms with E-state index in [0.717, 1.165) is 21.6 Å². The van der Waals surface area contributed by atoms with Crippen molar-refractivity contribution in [3.05, 3.63) is 39.0 Å². The summed E-state index contributed by atoms with van der Waals surface area (Å²) in [7, 11) is 0. The molecule has 0 aliphatic heterocycles. The highest BCUT2D eigenvalue weighted by Gasteiger charge is 2.11. The fourth-order valence-corrected chi connectivity index (χ4v) is 2.76. The molecular formula is C9H8BrClN2S. The van der Waals surface area contributed by atoms with E-state index in [1.54, 1.807) is 17.5 Å². The molecule has 0 spiro atoms. The van der Waals surface area contributed by atoms with Gasteiger partial charge in [0.05, 0.1) is 9.16 Å². The van der Waals surface area contributed by atoms with Gasteiger partial charge in [-0.1, -0.05) is 0 Å². The first-order chi connectivity index (χ1) is 6.75. The summed E-state index contributed by atoms with van der Waals surface area (Å²) < 4.78 is 1.11. The first kappa shape index (κ1) is 10.2. The Kier molecular flexibility index (Phi) is 3.26. The molecule has 2 aromatic rings. The molecule has 74 valence electrons. The number of H-pyrrole nitrogens is 1. The lowest BCUT2D eigenvalue weighted by Gasteiger charge is -2.04. The van der Waals surface area contributed by atoms with E-state index in [1.165, 1.54) is 0 Å². The highest BCUT2D eigenvalue weighted by atomic mass is 79.9. The molecule has 0 bridgehead atoms. The molecule has 0 aliphatic rings. The summed E-state index contributed by atoms with van der Waals surface area (Å²) in [4.78, 5) is 7.18. The van der Waals surface area contributed by atoms with Crippen molar-refractivity contribution in [2.24, 2.45) is 0 Å². The highest BCUT2D eigenvalue weighted by Crippen LogP contribution is 2.30. The molecule has 2 rings (SSSR count). The molecule has 0 aliphatic carbocycles. The third-order valence-electron chi connectivity index (χ3n) is 1.88. The van der Waals surface area contributed by atoms with Crippen molar-refractivity contribution in [2.75, 3.05) is 0 Å². The molecule has 14 heavy (non-hydrogen) atoms. The highest BCUT2D eigenvalue weighted by molar-refractivity contribution is 9.11. The van der Waals surface area contributed by atoms with Gasteiger partial charge in [-0.3, -0.25) is 0 Å². The maximum atomic E-state index is 6.24. The zero-order valence-corrected chi connectivity index (χ0v) is 10.4. The minimum absolute atomic E-state index is 0.0105. The summed E-state index contributed by atoms with van der Waals surface area (Å²) in [6.07, 6.45) is 4.28. The number of alkyl halides is 1. The number of aromatic amines is 1. The minimum atomic E-state index is -0.0105. The van der Waals surface area contributed by atoms with Crippen LogP contribution in [-0.4, -0.2) is 9.97 Å². The van der Waals surface area contributed by atoms with Gasteiger partial charge in [0, 0.05) is 18.8 Å². The predicted octanol–water partition coefficient (Wildman–Crippen LogP) is 3.76. The van der Waals surface area contributed by atoms with Crippen LogP contribution in [-0.2, 0) is 6.42 Å². The number of thiophene rings is 1. The predicted molar refractivity (Wildman–Crippen MR) is 62.9 cm³/mol. The molecule has 1 unspecified atom stereocenters. The number of halogens is 2. The summed E-state index contributed by atoms with van der Waals surface area (Å²) in [6, 6.07) is 2.05. The van der Waals surface area contributed by atoms with E-state index in [4.69, 9.17) is 11.6 Å². The fraction of sp³-hybridized carbons (Fsp3) is 0.222. The topological polar surface area (TPSA) is 28.7 Å². The van der Waals surface area contributed by atoms with Gasteiger partial charge in [-0.05, 0) is 32.9 Å². The van der Waals surface area contributed by atoms with Crippen LogP contribution in [0.25, 0.3) is 0 Å². The summed E-state index contributed by atoms with van der Waals surface area (Å²) in [5.41, 5.74) is 1.14. The van der Waals surface area contributed by atoms with Crippen molar-refractivity contribution >= 4 is 38.9 Å². The van der Waals surface area contributed by atoms with E-state index in [2.05, 4.69) is 31.3 Å². The summed E-state index contributed by atoms with van der Waals surface area (Å²) in [5.74, 6) is 0.923. The SMILES string of the molecule is ClC(Cc1ncc[nH]1)c1csc(Br)c1. The Balaban J connectivity index is 2.06. The minimum Gasteiger partial charge on any atom is -0.349 e. The molecule has 2 heterocycles. The summed E-state index contributed by atoms with van der Waals surface area (Å²) >= 11 is 11.3.